The molecule has 2 saturated heterocycles. The summed E-state index contributed by atoms with van der Waals surface area (Å²) in [5.41, 5.74) is -2.03. The lowest BCUT2D eigenvalue weighted by molar-refractivity contribution is -0.261. The zero-order chi connectivity index (χ0) is 27.4. The number of piperidine rings is 2. The van der Waals surface area contributed by atoms with Crippen LogP contribution in [0.4, 0.5) is 0 Å². The average Bonchev–Trinajstić information content (AvgIpc) is 2.68. The highest BCUT2D eigenvalue weighted by Gasteiger charge is 2.48. The van der Waals surface area contributed by atoms with Crippen LogP contribution < -0.4 is 0 Å². The number of carbonyl (C=O) groups is 4. The van der Waals surface area contributed by atoms with Gasteiger partial charge in [-0.15, -0.1) is 10.1 Å². The first-order valence-corrected chi connectivity index (χ1v) is 13.5. The third kappa shape index (κ3) is 8.37. The number of Topliss-reactive ketones (excluding diaryl/α,β-unsaturated/α-hetero) is 2. The summed E-state index contributed by atoms with van der Waals surface area (Å²) < 4.78 is 0. The lowest BCUT2D eigenvalue weighted by atomic mass is 9.81. The highest BCUT2D eigenvalue weighted by atomic mass is 16.7. The monoisotopic (exact) mass is 508 g/mol. The van der Waals surface area contributed by atoms with Gasteiger partial charge >= 0.3 is 11.9 Å². The van der Waals surface area contributed by atoms with Crippen LogP contribution in [0.2, 0.25) is 0 Å². The number of hydrogen-bond donors (Lipinski definition) is 0. The summed E-state index contributed by atoms with van der Waals surface area (Å²) in [6.45, 7) is 15.5. The van der Waals surface area contributed by atoms with Gasteiger partial charge in [0.1, 0.15) is 11.6 Å². The maximum absolute atomic E-state index is 12.4. The molecule has 2 aliphatic rings. The molecule has 0 N–H and O–H groups in total. The molecule has 0 aliphatic carbocycles. The molecule has 8 nitrogen and oxygen atoms in total. The second kappa shape index (κ2) is 11.7. The topological polar surface area (TPSA) is 93.2 Å². The Bertz CT molecular complexity index is 722. The van der Waals surface area contributed by atoms with E-state index < -0.39 is 22.2 Å². The molecule has 2 aliphatic heterocycles. The number of nitrogens with zero attached hydrogens (tertiary/aromatic N) is 2. The summed E-state index contributed by atoms with van der Waals surface area (Å²) in [6.07, 6.45) is 7.57. The molecular weight excluding hydrogens is 460 g/mol. The predicted octanol–water partition coefficient (Wildman–Crippen LogP) is 5.47. The molecule has 0 radical (unpaired) electrons. The fraction of sp³-hybridized carbons (Fsp3) is 0.857. The fourth-order valence-electron chi connectivity index (χ4n) is 6.02. The van der Waals surface area contributed by atoms with E-state index in [4.69, 9.17) is 9.68 Å². The number of hydrogen-bond acceptors (Lipinski definition) is 8. The first kappa shape index (κ1) is 30.4. The molecule has 206 valence electrons. The van der Waals surface area contributed by atoms with E-state index in [-0.39, 0.29) is 23.5 Å². The summed E-state index contributed by atoms with van der Waals surface area (Å²) in [5, 5.41) is 3.43. The number of ketones is 2. The van der Waals surface area contributed by atoms with E-state index >= 15 is 0 Å². The van der Waals surface area contributed by atoms with E-state index in [0.29, 0.717) is 38.5 Å². The van der Waals surface area contributed by atoms with Gasteiger partial charge in [0.05, 0.1) is 22.2 Å². The smallest absolute Gasteiger partial charge is 0.325 e. The number of hydroxylamine groups is 4. The van der Waals surface area contributed by atoms with Crippen LogP contribution in [0, 0.1) is 0 Å². The van der Waals surface area contributed by atoms with E-state index in [1.807, 2.05) is 55.4 Å². The van der Waals surface area contributed by atoms with Crippen molar-refractivity contribution < 1.29 is 28.9 Å². The molecule has 0 unspecified atom stereocenters. The summed E-state index contributed by atoms with van der Waals surface area (Å²) in [5.74, 6) is -0.112. The molecule has 2 heterocycles. The molecule has 0 aromatic heterocycles. The molecule has 0 amide bonds. The molecule has 2 rings (SSSR count). The van der Waals surface area contributed by atoms with Crippen LogP contribution in [0.3, 0.4) is 0 Å². The van der Waals surface area contributed by atoms with E-state index in [0.717, 1.165) is 38.5 Å². The molecule has 8 heteroatoms. The van der Waals surface area contributed by atoms with Crippen molar-refractivity contribution in [3.8, 4) is 0 Å². The Labute approximate surface area is 217 Å². The molecule has 0 aromatic carbocycles. The Balaban J connectivity index is 1.61. The second-order valence-electron chi connectivity index (χ2n) is 13.2. The Morgan fingerprint density at radius 2 is 0.806 bits per heavy atom. The first-order valence-electron chi connectivity index (χ1n) is 13.5. The number of rotatable bonds is 11. The highest BCUT2D eigenvalue weighted by molar-refractivity contribution is 5.82. The lowest BCUT2D eigenvalue weighted by Gasteiger charge is -2.49. The van der Waals surface area contributed by atoms with Crippen molar-refractivity contribution in [1.82, 2.24) is 10.1 Å². The zero-order valence-corrected chi connectivity index (χ0v) is 23.8. The molecule has 2 fully saturated rings. The summed E-state index contributed by atoms with van der Waals surface area (Å²) in [6, 6.07) is 0. The van der Waals surface area contributed by atoms with Crippen molar-refractivity contribution in [2.75, 3.05) is 0 Å². The SMILES string of the molecule is CC1(C)CC(=O)CC(C)(C)N1OC(=O)CCCCCCCCC(=O)ON1C(C)(C)CC(=O)CC1(C)C. The third-order valence-electron chi connectivity index (χ3n) is 7.12. The number of unbranched alkanes of at least 4 members (excludes halogenated alkanes) is 5. The van der Waals surface area contributed by atoms with Gasteiger partial charge in [-0.3, -0.25) is 19.2 Å². The van der Waals surface area contributed by atoms with E-state index in [1.165, 1.54) is 0 Å². The highest BCUT2D eigenvalue weighted by Crippen LogP contribution is 2.38. The second-order valence-corrected chi connectivity index (χ2v) is 13.2. The predicted molar refractivity (Wildman–Crippen MR) is 138 cm³/mol. The largest absolute Gasteiger partial charge is 0.367 e. The third-order valence-corrected chi connectivity index (χ3v) is 7.12. The quantitative estimate of drug-likeness (QED) is 0.339. The minimum atomic E-state index is -0.507. The van der Waals surface area contributed by atoms with Gasteiger partial charge in [0.25, 0.3) is 0 Å². The van der Waals surface area contributed by atoms with Gasteiger partial charge in [-0.2, -0.15) is 0 Å². The minimum absolute atomic E-state index is 0.196. The lowest BCUT2D eigenvalue weighted by Crippen LogP contribution is -2.61. The minimum Gasteiger partial charge on any atom is -0.367 e. The van der Waals surface area contributed by atoms with Crippen LogP contribution in [0.5, 0.6) is 0 Å². The zero-order valence-electron chi connectivity index (χ0n) is 23.8. The molecule has 36 heavy (non-hydrogen) atoms. The van der Waals surface area contributed by atoms with Gasteiger partial charge in [0.2, 0.25) is 0 Å². The Morgan fingerprint density at radius 3 is 1.08 bits per heavy atom. The van der Waals surface area contributed by atoms with Gasteiger partial charge in [0.15, 0.2) is 0 Å². The Hall–Kier alpha value is -1.80. The van der Waals surface area contributed by atoms with Crippen LogP contribution in [-0.4, -0.2) is 55.8 Å². The average molecular weight is 509 g/mol. The van der Waals surface area contributed by atoms with Crippen molar-refractivity contribution in [3.63, 3.8) is 0 Å². The van der Waals surface area contributed by atoms with Gasteiger partial charge in [-0.25, -0.2) is 0 Å². The molecule has 0 bridgehead atoms. The molecular formula is C28H48N2O6. The summed E-state index contributed by atoms with van der Waals surface area (Å²) in [7, 11) is 0. The standard InChI is InChI=1S/C28H48N2O6/c1-25(2)17-21(31)18-26(3,4)29(25)35-23(33)15-13-11-9-10-12-14-16-24(34)36-30-27(5,6)19-22(32)20-28(30,7)8/h9-20H2,1-8H3. The van der Waals surface area contributed by atoms with Gasteiger partial charge < -0.3 is 9.68 Å². The van der Waals surface area contributed by atoms with Crippen LogP contribution in [0.1, 0.15) is 132 Å². The van der Waals surface area contributed by atoms with Gasteiger partial charge in [-0.05, 0) is 68.2 Å². The van der Waals surface area contributed by atoms with Crippen LogP contribution in [-0.2, 0) is 28.9 Å². The maximum atomic E-state index is 12.4. The molecule has 0 spiro atoms. The first-order chi connectivity index (χ1) is 16.5. The van der Waals surface area contributed by atoms with Crippen molar-refractivity contribution in [3.05, 3.63) is 0 Å². The van der Waals surface area contributed by atoms with Crippen molar-refractivity contribution in [1.29, 1.82) is 0 Å². The summed E-state index contributed by atoms with van der Waals surface area (Å²) >= 11 is 0. The Kier molecular flexibility index (Phi) is 9.90. The van der Waals surface area contributed by atoms with E-state index in [1.54, 1.807) is 10.1 Å². The Morgan fingerprint density at radius 1 is 0.556 bits per heavy atom. The van der Waals surface area contributed by atoms with Crippen molar-refractivity contribution in [2.24, 2.45) is 0 Å². The van der Waals surface area contributed by atoms with Crippen LogP contribution >= 0.6 is 0 Å². The molecule has 0 atom stereocenters. The van der Waals surface area contributed by atoms with E-state index in [2.05, 4.69) is 0 Å². The van der Waals surface area contributed by atoms with Crippen molar-refractivity contribution >= 4 is 23.5 Å². The fourth-order valence-corrected chi connectivity index (χ4v) is 6.02. The number of carbonyl (C=O) groups excluding carboxylic acids is 4. The van der Waals surface area contributed by atoms with Gasteiger partial charge in [-0.1, -0.05) is 25.7 Å². The maximum Gasteiger partial charge on any atom is 0.325 e. The van der Waals surface area contributed by atoms with E-state index in [9.17, 15) is 19.2 Å². The van der Waals surface area contributed by atoms with Crippen LogP contribution in [0.15, 0.2) is 0 Å². The van der Waals surface area contributed by atoms with Crippen molar-refractivity contribution in [2.45, 2.75) is 155 Å². The molecule has 0 saturated carbocycles. The van der Waals surface area contributed by atoms with Gasteiger partial charge in [0, 0.05) is 38.5 Å². The van der Waals surface area contributed by atoms with Crippen LogP contribution in [0.25, 0.3) is 0 Å². The normalized spacial score (nSPS) is 23.3. The molecule has 0 aromatic rings. The summed E-state index contributed by atoms with van der Waals surface area (Å²) in [4.78, 5) is 60.3.